The average Bonchev–Trinajstić information content (AvgIpc) is 2.52. The van der Waals surface area contributed by atoms with Crippen molar-refractivity contribution in [2.45, 2.75) is 38.3 Å². The lowest BCUT2D eigenvalue weighted by Gasteiger charge is -2.17. The van der Waals surface area contributed by atoms with Crippen LogP contribution in [-0.2, 0) is 17.6 Å². The fourth-order valence-corrected chi connectivity index (χ4v) is 2.52. The van der Waals surface area contributed by atoms with E-state index in [9.17, 15) is 13.2 Å². The number of rotatable bonds is 9. The summed E-state index contributed by atoms with van der Waals surface area (Å²) < 4.78 is 40.0. The summed E-state index contributed by atoms with van der Waals surface area (Å²) in [5.41, 5.74) is 2.38. The Balaban J connectivity index is 1.51. The second kappa shape index (κ2) is 9.08. The van der Waals surface area contributed by atoms with Gasteiger partial charge < -0.3 is 15.4 Å². The minimum atomic E-state index is -4.24. The maximum Gasteiger partial charge on any atom is 0.411 e. The Hall–Kier alpha value is -1.34. The van der Waals surface area contributed by atoms with Crippen molar-refractivity contribution >= 4 is 5.82 Å². The predicted octanol–water partition coefficient (Wildman–Crippen LogP) is 2.93. The summed E-state index contributed by atoms with van der Waals surface area (Å²) in [6, 6.07) is 4.24. The van der Waals surface area contributed by atoms with Gasteiger partial charge in [-0.15, -0.1) is 0 Å². The van der Waals surface area contributed by atoms with E-state index < -0.39 is 12.8 Å². The van der Waals surface area contributed by atoms with E-state index in [2.05, 4.69) is 32.5 Å². The molecule has 2 heterocycles. The van der Waals surface area contributed by atoms with Crippen molar-refractivity contribution in [2.75, 3.05) is 38.2 Å². The first-order chi connectivity index (χ1) is 11.0. The Morgan fingerprint density at radius 1 is 1.22 bits per heavy atom. The molecule has 1 aliphatic heterocycles. The van der Waals surface area contributed by atoms with Crippen molar-refractivity contribution < 1.29 is 17.9 Å². The van der Waals surface area contributed by atoms with E-state index in [4.69, 9.17) is 0 Å². The van der Waals surface area contributed by atoms with Gasteiger partial charge in [0.1, 0.15) is 12.4 Å². The van der Waals surface area contributed by atoms with Crippen molar-refractivity contribution in [3.63, 3.8) is 0 Å². The largest absolute Gasteiger partial charge is 0.411 e. The minimum Gasteiger partial charge on any atom is -0.371 e. The number of hydrogen-bond acceptors (Lipinski definition) is 4. The minimum absolute atomic E-state index is 0.0809. The SMILES string of the molecule is FC(F)(F)COCCNCCCCc1ccc2c(n1)NCCC2. The summed E-state index contributed by atoms with van der Waals surface area (Å²) in [6.45, 7) is 1.11. The van der Waals surface area contributed by atoms with Crippen LogP contribution in [0.5, 0.6) is 0 Å². The molecule has 0 radical (unpaired) electrons. The van der Waals surface area contributed by atoms with Crippen LogP contribution in [0.25, 0.3) is 0 Å². The number of anilines is 1. The van der Waals surface area contributed by atoms with Crippen molar-refractivity contribution in [1.29, 1.82) is 0 Å². The number of nitrogens with one attached hydrogen (secondary N) is 2. The van der Waals surface area contributed by atoms with Crippen molar-refractivity contribution in [1.82, 2.24) is 10.3 Å². The van der Waals surface area contributed by atoms with E-state index in [1.807, 2.05) is 0 Å². The molecule has 1 aliphatic rings. The first kappa shape index (κ1) is 18.0. The second-order valence-electron chi connectivity index (χ2n) is 5.72. The summed E-state index contributed by atoms with van der Waals surface area (Å²) in [5.74, 6) is 1.02. The molecule has 0 atom stereocenters. The third-order valence-electron chi connectivity index (χ3n) is 3.68. The number of fused-ring (bicyclic) bond motifs is 1. The Morgan fingerprint density at radius 2 is 2.09 bits per heavy atom. The number of halogens is 3. The third-order valence-corrected chi connectivity index (χ3v) is 3.68. The molecule has 2 rings (SSSR count). The molecule has 0 aromatic carbocycles. The van der Waals surface area contributed by atoms with Crippen LogP contribution in [0.4, 0.5) is 19.0 Å². The highest BCUT2D eigenvalue weighted by molar-refractivity contribution is 5.46. The topological polar surface area (TPSA) is 46.2 Å². The van der Waals surface area contributed by atoms with Crippen LogP contribution in [0.2, 0.25) is 0 Å². The van der Waals surface area contributed by atoms with Gasteiger partial charge in [0.2, 0.25) is 0 Å². The first-order valence-corrected chi connectivity index (χ1v) is 8.12. The van der Waals surface area contributed by atoms with Crippen LogP contribution in [-0.4, -0.2) is 44.0 Å². The molecule has 2 N–H and O–H groups in total. The molecule has 0 unspecified atom stereocenters. The summed E-state index contributed by atoms with van der Waals surface area (Å²) >= 11 is 0. The number of ether oxygens (including phenoxy) is 1. The molecule has 0 amide bonds. The van der Waals surface area contributed by atoms with Crippen LogP contribution < -0.4 is 10.6 Å². The van der Waals surface area contributed by atoms with Gasteiger partial charge in [-0.1, -0.05) is 6.07 Å². The van der Waals surface area contributed by atoms with Crippen molar-refractivity contribution in [2.24, 2.45) is 0 Å². The Kier molecular flexibility index (Phi) is 7.11. The zero-order chi connectivity index (χ0) is 16.5. The van der Waals surface area contributed by atoms with Gasteiger partial charge in [-0.2, -0.15) is 13.2 Å². The van der Waals surface area contributed by atoms with Gasteiger partial charge in [-0.05, 0) is 50.3 Å². The number of aryl methyl sites for hydroxylation is 2. The lowest BCUT2D eigenvalue weighted by Crippen LogP contribution is -2.24. The molecular formula is C16H24F3N3O. The van der Waals surface area contributed by atoms with E-state index >= 15 is 0 Å². The smallest absolute Gasteiger partial charge is 0.371 e. The van der Waals surface area contributed by atoms with Crippen LogP contribution in [0, 0.1) is 0 Å². The summed E-state index contributed by atoms with van der Waals surface area (Å²) in [5, 5.41) is 6.41. The Morgan fingerprint density at radius 3 is 2.91 bits per heavy atom. The van der Waals surface area contributed by atoms with E-state index in [0.717, 1.165) is 56.7 Å². The molecule has 4 nitrogen and oxygen atoms in total. The third kappa shape index (κ3) is 7.18. The highest BCUT2D eigenvalue weighted by Gasteiger charge is 2.27. The summed E-state index contributed by atoms with van der Waals surface area (Å²) in [7, 11) is 0. The zero-order valence-electron chi connectivity index (χ0n) is 13.2. The van der Waals surface area contributed by atoms with Crippen LogP contribution in [0.1, 0.15) is 30.5 Å². The quantitative estimate of drug-likeness (QED) is 0.683. The van der Waals surface area contributed by atoms with Gasteiger partial charge in [-0.3, -0.25) is 0 Å². The van der Waals surface area contributed by atoms with E-state index in [1.54, 1.807) is 0 Å². The Labute approximate surface area is 134 Å². The average molecular weight is 331 g/mol. The highest BCUT2D eigenvalue weighted by Crippen LogP contribution is 2.20. The van der Waals surface area contributed by atoms with Crippen LogP contribution in [0.15, 0.2) is 12.1 Å². The molecule has 130 valence electrons. The first-order valence-electron chi connectivity index (χ1n) is 8.12. The van der Waals surface area contributed by atoms with Gasteiger partial charge in [0, 0.05) is 18.8 Å². The Bertz CT molecular complexity index is 480. The normalized spacial score (nSPS) is 14.4. The lowest BCUT2D eigenvalue weighted by molar-refractivity contribution is -0.173. The number of pyridine rings is 1. The molecule has 1 aromatic heterocycles. The predicted molar refractivity (Wildman–Crippen MR) is 83.7 cm³/mol. The van der Waals surface area contributed by atoms with Crippen molar-refractivity contribution in [3.05, 3.63) is 23.4 Å². The maximum atomic E-state index is 11.8. The molecule has 0 fully saturated rings. The van der Waals surface area contributed by atoms with Gasteiger partial charge >= 0.3 is 6.18 Å². The molecule has 0 spiro atoms. The van der Waals surface area contributed by atoms with Gasteiger partial charge in [0.25, 0.3) is 0 Å². The van der Waals surface area contributed by atoms with Gasteiger partial charge in [0.15, 0.2) is 0 Å². The van der Waals surface area contributed by atoms with E-state index in [-0.39, 0.29) is 6.61 Å². The molecule has 0 saturated carbocycles. The molecule has 1 aromatic rings. The maximum absolute atomic E-state index is 11.8. The number of unbranched alkanes of at least 4 members (excludes halogenated alkanes) is 1. The fourth-order valence-electron chi connectivity index (χ4n) is 2.52. The lowest BCUT2D eigenvalue weighted by atomic mass is 10.1. The second-order valence-corrected chi connectivity index (χ2v) is 5.72. The summed E-state index contributed by atoms with van der Waals surface area (Å²) in [4.78, 5) is 4.64. The molecule has 7 heteroatoms. The monoisotopic (exact) mass is 331 g/mol. The molecular weight excluding hydrogens is 307 g/mol. The van der Waals surface area contributed by atoms with Gasteiger partial charge in [-0.25, -0.2) is 4.98 Å². The number of hydrogen-bond donors (Lipinski definition) is 2. The molecule has 0 bridgehead atoms. The van der Waals surface area contributed by atoms with Crippen LogP contribution in [0.3, 0.4) is 0 Å². The zero-order valence-corrected chi connectivity index (χ0v) is 13.2. The fraction of sp³-hybridized carbons (Fsp3) is 0.688. The van der Waals surface area contributed by atoms with E-state index in [0.29, 0.717) is 6.54 Å². The molecule has 0 saturated heterocycles. The standard InChI is InChI=1S/C16H24F3N3O/c17-16(18,19)12-23-11-10-20-8-2-1-5-14-7-6-13-4-3-9-21-15(13)22-14/h6-7,20H,1-5,8-12H2,(H,21,22). The summed E-state index contributed by atoms with van der Waals surface area (Å²) in [6.07, 6.45) is 0.897. The van der Waals surface area contributed by atoms with Crippen molar-refractivity contribution in [3.8, 4) is 0 Å². The molecule has 23 heavy (non-hydrogen) atoms. The highest BCUT2D eigenvalue weighted by atomic mass is 19.4. The number of aromatic nitrogens is 1. The number of nitrogens with zero attached hydrogens (tertiary/aromatic N) is 1. The number of alkyl halides is 3. The molecule has 0 aliphatic carbocycles. The van der Waals surface area contributed by atoms with Crippen LogP contribution >= 0.6 is 0 Å². The van der Waals surface area contributed by atoms with E-state index in [1.165, 1.54) is 5.56 Å². The van der Waals surface area contributed by atoms with Gasteiger partial charge in [0.05, 0.1) is 6.61 Å².